The molecule has 0 aromatic carbocycles. The molecule has 1 unspecified atom stereocenters. The third-order valence-corrected chi connectivity index (χ3v) is 2.62. The monoisotopic (exact) mass is 213 g/mol. The lowest BCUT2D eigenvalue weighted by Crippen LogP contribution is -2.15. The van der Waals surface area contributed by atoms with Gasteiger partial charge in [-0.15, -0.1) is 0 Å². The van der Waals surface area contributed by atoms with Gasteiger partial charge >= 0.3 is 0 Å². The topological polar surface area (TPSA) is 51.8 Å². The zero-order valence-electron chi connectivity index (χ0n) is 9.30. The van der Waals surface area contributed by atoms with Crippen LogP contribution in [-0.2, 0) is 0 Å². The maximum Gasteiger partial charge on any atom is 0.0491 e. The summed E-state index contributed by atoms with van der Waals surface area (Å²) in [6.07, 6.45) is 3.67. The summed E-state index contributed by atoms with van der Waals surface area (Å²) in [6, 6.07) is 9.95. The Morgan fingerprint density at radius 2 is 2.06 bits per heavy atom. The van der Waals surface area contributed by atoms with Crippen molar-refractivity contribution in [2.75, 3.05) is 6.54 Å². The second kappa shape index (κ2) is 4.86. The highest BCUT2D eigenvalue weighted by molar-refractivity contribution is 5.27. The molecular formula is C13H15N3. The van der Waals surface area contributed by atoms with Gasteiger partial charge in [0.15, 0.2) is 0 Å². The van der Waals surface area contributed by atoms with Crippen LogP contribution >= 0.6 is 0 Å². The molecule has 0 saturated carbocycles. The molecule has 0 aliphatic rings. The van der Waals surface area contributed by atoms with Crippen molar-refractivity contribution in [2.45, 2.75) is 12.8 Å². The van der Waals surface area contributed by atoms with E-state index in [0.717, 1.165) is 17.0 Å². The highest BCUT2D eigenvalue weighted by Gasteiger charge is 2.13. The quantitative estimate of drug-likeness (QED) is 0.846. The molecule has 0 spiro atoms. The summed E-state index contributed by atoms with van der Waals surface area (Å²) >= 11 is 0. The molecule has 3 nitrogen and oxygen atoms in total. The Kier molecular flexibility index (Phi) is 3.27. The van der Waals surface area contributed by atoms with E-state index in [4.69, 9.17) is 5.73 Å². The molecule has 0 aliphatic carbocycles. The van der Waals surface area contributed by atoms with E-state index >= 15 is 0 Å². The van der Waals surface area contributed by atoms with Crippen molar-refractivity contribution in [2.24, 2.45) is 5.73 Å². The van der Waals surface area contributed by atoms with E-state index in [9.17, 15) is 0 Å². The van der Waals surface area contributed by atoms with Crippen molar-refractivity contribution in [1.29, 1.82) is 0 Å². The lowest BCUT2D eigenvalue weighted by molar-refractivity contribution is 0.781. The van der Waals surface area contributed by atoms with Gasteiger partial charge in [0.1, 0.15) is 0 Å². The van der Waals surface area contributed by atoms with Gasteiger partial charge in [0.25, 0.3) is 0 Å². The minimum absolute atomic E-state index is 0.134. The number of nitrogens with two attached hydrogens (primary N) is 1. The molecule has 1 atom stereocenters. The van der Waals surface area contributed by atoms with Crippen LogP contribution in [0.25, 0.3) is 0 Å². The van der Waals surface area contributed by atoms with Gasteiger partial charge in [-0.1, -0.05) is 12.1 Å². The number of aromatic nitrogens is 2. The first-order chi connectivity index (χ1) is 7.81. The number of rotatable bonds is 3. The van der Waals surface area contributed by atoms with Crippen LogP contribution < -0.4 is 5.73 Å². The molecule has 0 amide bonds. The SMILES string of the molecule is Cc1ccc(C(CN)c2ccccn2)cn1. The fourth-order valence-corrected chi connectivity index (χ4v) is 1.70. The van der Waals surface area contributed by atoms with Gasteiger partial charge in [0.2, 0.25) is 0 Å². The summed E-state index contributed by atoms with van der Waals surface area (Å²) in [5.41, 5.74) is 8.93. The predicted molar refractivity (Wildman–Crippen MR) is 64.1 cm³/mol. The smallest absolute Gasteiger partial charge is 0.0491 e. The average molecular weight is 213 g/mol. The second-order valence-corrected chi connectivity index (χ2v) is 3.78. The van der Waals surface area contributed by atoms with Crippen LogP contribution in [0, 0.1) is 6.92 Å². The van der Waals surface area contributed by atoms with Gasteiger partial charge in [0.05, 0.1) is 0 Å². The molecule has 0 bridgehead atoms. The Morgan fingerprint density at radius 1 is 1.19 bits per heavy atom. The van der Waals surface area contributed by atoms with E-state index in [1.54, 1.807) is 6.20 Å². The molecule has 3 heteroatoms. The normalized spacial score (nSPS) is 12.4. The first-order valence-corrected chi connectivity index (χ1v) is 5.35. The zero-order valence-corrected chi connectivity index (χ0v) is 9.30. The van der Waals surface area contributed by atoms with Crippen LogP contribution in [0.4, 0.5) is 0 Å². The lowest BCUT2D eigenvalue weighted by Gasteiger charge is -2.14. The number of pyridine rings is 2. The Morgan fingerprint density at radius 3 is 2.62 bits per heavy atom. The molecule has 2 heterocycles. The summed E-state index contributed by atoms with van der Waals surface area (Å²) < 4.78 is 0. The van der Waals surface area contributed by atoms with Gasteiger partial charge in [-0.2, -0.15) is 0 Å². The van der Waals surface area contributed by atoms with E-state index < -0.39 is 0 Å². The Labute approximate surface area is 95.4 Å². The lowest BCUT2D eigenvalue weighted by atomic mass is 9.97. The van der Waals surface area contributed by atoms with Gasteiger partial charge in [-0.25, -0.2) is 0 Å². The van der Waals surface area contributed by atoms with E-state index in [2.05, 4.69) is 16.0 Å². The van der Waals surface area contributed by atoms with Gasteiger partial charge in [-0.05, 0) is 30.7 Å². The summed E-state index contributed by atoms with van der Waals surface area (Å²) in [6.45, 7) is 2.52. The highest BCUT2D eigenvalue weighted by atomic mass is 14.7. The fourth-order valence-electron chi connectivity index (χ4n) is 1.70. The van der Waals surface area contributed by atoms with E-state index in [0.29, 0.717) is 6.54 Å². The van der Waals surface area contributed by atoms with Crippen molar-refractivity contribution in [3.63, 3.8) is 0 Å². The highest BCUT2D eigenvalue weighted by Crippen LogP contribution is 2.20. The molecule has 0 radical (unpaired) electrons. The number of nitrogens with zero attached hydrogens (tertiary/aromatic N) is 2. The molecular weight excluding hydrogens is 198 g/mol. The minimum atomic E-state index is 0.134. The molecule has 2 rings (SSSR count). The van der Waals surface area contributed by atoms with E-state index in [1.165, 1.54) is 0 Å². The molecule has 82 valence electrons. The maximum absolute atomic E-state index is 5.81. The summed E-state index contributed by atoms with van der Waals surface area (Å²) in [5, 5.41) is 0. The average Bonchev–Trinajstić information content (AvgIpc) is 2.34. The predicted octanol–water partition coefficient (Wildman–Crippen LogP) is 1.88. The van der Waals surface area contributed by atoms with Crippen molar-refractivity contribution >= 4 is 0 Å². The standard InChI is InChI=1S/C13H15N3/c1-10-5-6-11(9-16-10)12(8-14)13-4-2-3-7-15-13/h2-7,9,12H,8,14H2,1H3. The molecule has 0 aliphatic heterocycles. The van der Waals surface area contributed by atoms with Gasteiger partial charge in [-0.3, -0.25) is 9.97 Å². The first-order valence-electron chi connectivity index (χ1n) is 5.35. The first kappa shape index (κ1) is 10.8. The Balaban J connectivity index is 2.33. The zero-order chi connectivity index (χ0) is 11.4. The van der Waals surface area contributed by atoms with Crippen LogP contribution in [0.5, 0.6) is 0 Å². The fraction of sp³-hybridized carbons (Fsp3) is 0.231. The van der Waals surface area contributed by atoms with Crippen LogP contribution in [0.3, 0.4) is 0 Å². The molecule has 2 N–H and O–H groups in total. The second-order valence-electron chi connectivity index (χ2n) is 3.78. The summed E-state index contributed by atoms with van der Waals surface area (Å²) in [4.78, 5) is 8.63. The molecule has 16 heavy (non-hydrogen) atoms. The summed E-state index contributed by atoms with van der Waals surface area (Å²) in [5.74, 6) is 0.134. The van der Waals surface area contributed by atoms with E-state index in [1.807, 2.05) is 37.4 Å². The van der Waals surface area contributed by atoms with Crippen LogP contribution in [0.15, 0.2) is 42.7 Å². The van der Waals surface area contributed by atoms with Crippen molar-refractivity contribution in [3.8, 4) is 0 Å². The molecule has 2 aromatic heterocycles. The van der Waals surface area contributed by atoms with Gasteiger partial charge in [0, 0.05) is 36.2 Å². The number of aryl methyl sites for hydroxylation is 1. The summed E-state index contributed by atoms with van der Waals surface area (Å²) in [7, 11) is 0. The Bertz CT molecular complexity index is 436. The van der Waals surface area contributed by atoms with Crippen LogP contribution in [-0.4, -0.2) is 16.5 Å². The van der Waals surface area contributed by atoms with Gasteiger partial charge < -0.3 is 5.73 Å². The van der Waals surface area contributed by atoms with E-state index in [-0.39, 0.29) is 5.92 Å². The minimum Gasteiger partial charge on any atom is -0.329 e. The third-order valence-electron chi connectivity index (χ3n) is 2.62. The van der Waals surface area contributed by atoms with Crippen LogP contribution in [0.2, 0.25) is 0 Å². The largest absolute Gasteiger partial charge is 0.329 e. The molecule has 0 fully saturated rings. The maximum atomic E-state index is 5.81. The van der Waals surface area contributed by atoms with Crippen molar-refractivity contribution in [1.82, 2.24) is 9.97 Å². The molecule has 2 aromatic rings. The van der Waals surface area contributed by atoms with Crippen LogP contribution in [0.1, 0.15) is 22.9 Å². The van der Waals surface area contributed by atoms with Crippen molar-refractivity contribution in [3.05, 3.63) is 59.7 Å². The third kappa shape index (κ3) is 2.25. The van der Waals surface area contributed by atoms with Crippen molar-refractivity contribution < 1.29 is 0 Å². The number of hydrogen-bond donors (Lipinski definition) is 1. The molecule has 0 saturated heterocycles. The number of hydrogen-bond acceptors (Lipinski definition) is 3. The Hall–Kier alpha value is -1.74.